The molecule has 0 amide bonds. The minimum atomic E-state index is -3.86. The van der Waals surface area contributed by atoms with Crippen LogP contribution in [-0.2, 0) is 16.3 Å². The third-order valence-electron chi connectivity index (χ3n) is 5.97. The van der Waals surface area contributed by atoms with Crippen LogP contribution in [0.3, 0.4) is 0 Å². The highest BCUT2D eigenvalue weighted by atomic mass is 32.2. The van der Waals surface area contributed by atoms with Gasteiger partial charge in [0.2, 0.25) is 0 Å². The number of aliphatic hydroxyl groups excluding tert-OH is 1. The number of aliphatic hydroxyl groups is 1. The molecule has 0 heterocycles. The topological polar surface area (TPSA) is 104 Å². The van der Waals surface area contributed by atoms with E-state index in [2.05, 4.69) is 0 Å². The van der Waals surface area contributed by atoms with Gasteiger partial charge in [-0.1, -0.05) is 0 Å². The number of nitrogens with two attached hydrogens (primary N) is 1. The highest BCUT2D eigenvalue weighted by Gasteiger charge is 2.41. The normalized spacial score (nSPS) is 25.5. The second-order valence-electron chi connectivity index (χ2n) is 7.88. The van der Waals surface area contributed by atoms with E-state index in [-0.39, 0.29) is 46.5 Å². The maximum atomic E-state index is 14.6. The number of anilines is 1. The first-order valence-electron chi connectivity index (χ1n) is 9.39. The van der Waals surface area contributed by atoms with Crippen LogP contribution in [0.1, 0.15) is 64.4 Å². The molecule has 4 rings (SSSR count). The summed E-state index contributed by atoms with van der Waals surface area (Å²) in [6.07, 6.45) is -3.85. The van der Waals surface area contributed by atoms with Crippen LogP contribution in [0.15, 0.2) is 23.1 Å². The van der Waals surface area contributed by atoms with Crippen molar-refractivity contribution in [1.82, 2.24) is 0 Å². The molecule has 0 aromatic heterocycles. The lowest BCUT2D eigenvalue weighted by atomic mass is 9.74. The van der Waals surface area contributed by atoms with Crippen LogP contribution in [0, 0.1) is 17.1 Å². The Balaban J connectivity index is 2.03. The summed E-state index contributed by atoms with van der Waals surface area (Å²) < 4.78 is 67.5. The quantitative estimate of drug-likeness (QED) is 0.701. The van der Waals surface area contributed by atoms with Crippen molar-refractivity contribution in [1.29, 1.82) is 5.26 Å². The van der Waals surface area contributed by atoms with E-state index < -0.39 is 40.0 Å². The number of alkyl halides is 2. The van der Waals surface area contributed by atoms with Crippen molar-refractivity contribution in [3.05, 3.63) is 57.4 Å². The van der Waals surface area contributed by atoms with Gasteiger partial charge in [0, 0.05) is 24.2 Å². The minimum Gasteiger partial charge on any atom is -0.398 e. The number of halogens is 3. The van der Waals surface area contributed by atoms with Gasteiger partial charge in [0.25, 0.3) is 0 Å². The van der Waals surface area contributed by atoms with E-state index in [4.69, 9.17) is 5.73 Å². The summed E-state index contributed by atoms with van der Waals surface area (Å²) in [5.74, 6) is -1.34. The molecule has 0 spiro atoms. The maximum absolute atomic E-state index is 14.6. The van der Waals surface area contributed by atoms with Crippen LogP contribution < -0.4 is 5.73 Å². The molecular weight excluding hydrogens is 417 g/mol. The zero-order valence-electron chi connectivity index (χ0n) is 16.0. The molecule has 2 aromatic carbocycles. The molecule has 3 N–H and O–H groups in total. The molecule has 0 saturated carbocycles. The average molecular weight is 436 g/mol. The monoisotopic (exact) mass is 436 g/mol. The first-order chi connectivity index (χ1) is 14.0. The van der Waals surface area contributed by atoms with Crippen LogP contribution in [-0.4, -0.2) is 26.0 Å². The Labute approximate surface area is 171 Å². The number of benzene rings is 2. The molecule has 0 bridgehead atoms. The van der Waals surface area contributed by atoms with E-state index in [0.717, 1.165) is 18.4 Å². The summed E-state index contributed by atoms with van der Waals surface area (Å²) in [5.41, 5.74) is 6.84. The number of hydrogen-bond donors (Lipinski definition) is 2. The fourth-order valence-electron chi connectivity index (χ4n) is 4.82. The second-order valence-corrected chi connectivity index (χ2v) is 9.83. The van der Waals surface area contributed by atoms with E-state index in [1.165, 1.54) is 6.07 Å². The molecule has 4 atom stereocenters. The Kier molecular flexibility index (Phi) is 4.83. The van der Waals surface area contributed by atoms with Gasteiger partial charge in [-0.25, -0.2) is 21.6 Å². The van der Waals surface area contributed by atoms with Crippen molar-refractivity contribution in [3.63, 3.8) is 0 Å². The van der Waals surface area contributed by atoms with E-state index in [1.807, 2.05) is 6.07 Å². The summed E-state index contributed by atoms with van der Waals surface area (Å²) in [4.78, 5) is -0.312. The molecule has 1 unspecified atom stereocenters. The van der Waals surface area contributed by atoms with Gasteiger partial charge < -0.3 is 10.8 Å². The van der Waals surface area contributed by atoms with E-state index in [1.54, 1.807) is 0 Å². The first kappa shape index (κ1) is 20.7. The van der Waals surface area contributed by atoms with Gasteiger partial charge in [0.1, 0.15) is 24.3 Å². The van der Waals surface area contributed by atoms with Crippen LogP contribution in [0.4, 0.5) is 18.9 Å². The lowest BCUT2D eigenvalue weighted by Crippen LogP contribution is -2.18. The maximum Gasteiger partial charge on any atom is 0.177 e. The highest BCUT2D eigenvalue weighted by molar-refractivity contribution is 7.91. The fraction of sp³-hybridized carbons (Fsp3) is 0.381. The van der Waals surface area contributed by atoms with Gasteiger partial charge in [-0.2, -0.15) is 5.26 Å². The Hall–Kier alpha value is -2.57. The third kappa shape index (κ3) is 3.06. The predicted molar refractivity (Wildman–Crippen MR) is 104 cm³/mol. The lowest BCUT2D eigenvalue weighted by Gasteiger charge is -2.31. The Morgan fingerprint density at radius 3 is 2.50 bits per heavy atom. The van der Waals surface area contributed by atoms with Crippen LogP contribution in [0.2, 0.25) is 0 Å². The molecule has 2 aromatic rings. The number of nitrogen functional groups attached to an aromatic ring is 1. The Morgan fingerprint density at radius 2 is 1.87 bits per heavy atom. The number of hydrogen-bond acceptors (Lipinski definition) is 5. The standard InChI is InChI=1S/C21H19F3N2O3S/c1-30(28,29)21-17(26)7-12(13-6-16(24)20(27)19(13)21)11-2-3-15(23)14-5-10(22)4-9(8-25)18(11)14/h4-5,7,11,15-16,20,27H,2-3,6,26H2,1H3/t11?,15-,16+,20+/m0/s1. The summed E-state index contributed by atoms with van der Waals surface area (Å²) in [5, 5.41) is 19.9. The summed E-state index contributed by atoms with van der Waals surface area (Å²) in [6.45, 7) is 0. The summed E-state index contributed by atoms with van der Waals surface area (Å²) >= 11 is 0. The highest BCUT2D eigenvalue weighted by Crippen LogP contribution is 2.50. The van der Waals surface area contributed by atoms with Crippen molar-refractivity contribution >= 4 is 15.5 Å². The van der Waals surface area contributed by atoms with Gasteiger partial charge in [0.05, 0.1) is 22.2 Å². The predicted octanol–water partition coefficient (Wildman–Crippen LogP) is 3.55. The Morgan fingerprint density at radius 1 is 1.17 bits per heavy atom. The van der Waals surface area contributed by atoms with Crippen molar-refractivity contribution in [2.75, 3.05) is 12.0 Å². The Bertz CT molecular complexity index is 1210. The van der Waals surface area contributed by atoms with E-state index in [9.17, 15) is 32.0 Å². The molecule has 0 radical (unpaired) electrons. The van der Waals surface area contributed by atoms with Crippen LogP contribution in [0.5, 0.6) is 0 Å². The molecule has 0 aliphatic heterocycles. The molecule has 5 nitrogen and oxygen atoms in total. The fourth-order valence-corrected chi connectivity index (χ4v) is 5.96. The van der Waals surface area contributed by atoms with Crippen LogP contribution in [0.25, 0.3) is 0 Å². The largest absolute Gasteiger partial charge is 0.398 e. The zero-order valence-corrected chi connectivity index (χ0v) is 16.8. The molecule has 30 heavy (non-hydrogen) atoms. The number of fused-ring (bicyclic) bond motifs is 2. The molecule has 9 heteroatoms. The average Bonchev–Trinajstić information content (AvgIpc) is 2.95. The number of rotatable bonds is 2. The van der Waals surface area contributed by atoms with Crippen molar-refractivity contribution in [3.8, 4) is 6.07 Å². The summed E-state index contributed by atoms with van der Waals surface area (Å²) in [6, 6.07) is 5.36. The molecule has 158 valence electrons. The van der Waals surface area contributed by atoms with Gasteiger partial charge in [-0.05, 0) is 53.3 Å². The van der Waals surface area contributed by atoms with Gasteiger partial charge in [-0.3, -0.25) is 0 Å². The van der Waals surface area contributed by atoms with E-state index >= 15 is 0 Å². The zero-order chi connectivity index (χ0) is 22.0. The smallest absolute Gasteiger partial charge is 0.177 e. The van der Waals surface area contributed by atoms with Crippen molar-refractivity contribution < 1.29 is 26.7 Å². The van der Waals surface area contributed by atoms with Gasteiger partial charge in [0.15, 0.2) is 9.84 Å². The number of nitriles is 1. The van der Waals surface area contributed by atoms with Crippen molar-refractivity contribution in [2.24, 2.45) is 0 Å². The second kappa shape index (κ2) is 7.00. The SMILES string of the molecule is CS(=O)(=O)c1c(N)cc(C2CC[C@H](F)c3cc(F)cc(C#N)c32)c2c1[C@H](O)[C@H](F)C2. The van der Waals surface area contributed by atoms with Crippen LogP contribution >= 0.6 is 0 Å². The molecule has 2 aliphatic rings. The summed E-state index contributed by atoms with van der Waals surface area (Å²) in [7, 11) is -3.86. The number of nitrogens with zero attached hydrogens (tertiary/aromatic N) is 1. The minimum absolute atomic E-state index is 0.0350. The third-order valence-corrected chi connectivity index (χ3v) is 7.16. The number of sulfone groups is 1. The van der Waals surface area contributed by atoms with Gasteiger partial charge in [-0.15, -0.1) is 0 Å². The van der Waals surface area contributed by atoms with Gasteiger partial charge >= 0.3 is 0 Å². The molecule has 0 fully saturated rings. The molecular formula is C21H19F3N2O3S. The lowest BCUT2D eigenvalue weighted by molar-refractivity contribution is 0.0908. The van der Waals surface area contributed by atoms with Crippen molar-refractivity contribution in [2.45, 2.75) is 48.5 Å². The molecule has 2 aliphatic carbocycles. The first-order valence-corrected chi connectivity index (χ1v) is 11.3. The van der Waals surface area contributed by atoms with E-state index in [0.29, 0.717) is 16.7 Å². The molecule has 0 saturated heterocycles.